The van der Waals surface area contributed by atoms with E-state index < -0.39 is 10.0 Å². The summed E-state index contributed by atoms with van der Waals surface area (Å²) in [5.41, 5.74) is 0. The first-order chi connectivity index (χ1) is 8.99. The molecule has 1 fully saturated rings. The van der Waals surface area contributed by atoms with Gasteiger partial charge in [0.2, 0.25) is 10.0 Å². The van der Waals surface area contributed by atoms with Crippen molar-refractivity contribution in [2.24, 2.45) is 5.92 Å². The second-order valence-corrected chi connectivity index (χ2v) is 7.90. The molecule has 0 amide bonds. The molecule has 0 aromatic heterocycles. The molecule has 1 aromatic rings. The third-order valence-electron chi connectivity index (χ3n) is 3.80. The maximum atomic E-state index is 12.3. The molecule has 0 aliphatic heterocycles. The van der Waals surface area contributed by atoms with E-state index in [4.69, 9.17) is 0 Å². The maximum Gasteiger partial charge on any atom is 0.240 e. The molecule has 1 aliphatic carbocycles. The average Bonchev–Trinajstić information content (AvgIpc) is 2.39. The minimum Gasteiger partial charge on any atom is -0.208 e. The van der Waals surface area contributed by atoms with E-state index in [-0.39, 0.29) is 6.04 Å². The number of nitrogens with one attached hydrogen (secondary N) is 1. The van der Waals surface area contributed by atoms with Crippen LogP contribution in [0.5, 0.6) is 0 Å². The number of benzene rings is 1. The Morgan fingerprint density at radius 3 is 2.58 bits per heavy atom. The van der Waals surface area contributed by atoms with Crippen LogP contribution < -0.4 is 4.72 Å². The molecule has 1 saturated carbocycles. The second kappa shape index (κ2) is 6.37. The number of rotatable bonds is 4. The minimum absolute atomic E-state index is 0.00396. The molecule has 106 valence electrons. The molecular formula is C14H20BrNO2S. The van der Waals surface area contributed by atoms with Crippen LogP contribution in [0.15, 0.2) is 33.6 Å². The average molecular weight is 346 g/mol. The Kier molecular flexibility index (Phi) is 5.03. The van der Waals surface area contributed by atoms with Gasteiger partial charge < -0.3 is 0 Å². The smallest absolute Gasteiger partial charge is 0.208 e. The summed E-state index contributed by atoms with van der Waals surface area (Å²) in [6, 6.07) is 6.83. The maximum absolute atomic E-state index is 12.3. The highest BCUT2D eigenvalue weighted by atomic mass is 79.9. The monoisotopic (exact) mass is 345 g/mol. The van der Waals surface area contributed by atoms with Crippen molar-refractivity contribution in [1.82, 2.24) is 4.72 Å². The van der Waals surface area contributed by atoms with Crippen molar-refractivity contribution in [3.8, 4) is 0 Å². The summed E-state index contributed by atoms with van der Waals surface area (Å²) in [5, 5.41) is 0. The summed E-state index contributed by atoms with van der Waals surface area (Å²) in [6.45, 7) is 1.98. The second-order valence-electron chi connectivity index (χ2n) is 5.27. The molecule has 0 bridgehead atoms. The van der Waals surface area contributed by atoms with Crippen LogP contribution in [0, 0.1) is 5.92 Å². The molecular weight excluding hydrogens is 326 g/mol. The fourth-order valence-electron chi connectivity index (χ4n) is 2.68. The van der Waals surface area contributed by atoms with Gasteiger partial charge in [-0.05, 0) is 43.9 Å². The van der Waals surface area contributed by atoms with Gasteiger partial charge in [-0.1, -0.05) is 41.3 Å². The Morgan fingerprint density at radius 1 is 1.26 bits per heavy atom. The van der Waals surface area contributed by atoms with Crippen molar-refractivity contribution in [3.05, 3.63) is 28.7 Å². The van der Waals surface area contributed by atoms with Gasteiger partial charge in [-0.2, -0.15) is 0 Å². The van der Waals surface area contributed by atoms with E-state index in [9.17, 15) is 8.42 Å². The van der Waals surface area contributed by atoms with Gasteiger partial charge in [0.05, 0.1) is 4.90 Å². The third-order valence-corrected chi connectivity index (χ3v) is 5.85. The predicted octanol–water partition coefficient (Wildman–Crippen LogP) is 3.70. The number of sulfonamides is 1. The van der Waals surface area contributed by atoms with Crippen LogP contribution in [0.2, 0.25) is 0 Å². The van der Waals surface area contributed by atoms with Crippen molar-refractivity contribution >= 4 is 26.0 Å². The molecule has 0 spiro atoms. The Hall–Kier alpha value is -0.390. The lowest BCUT2D eigenvalue weighted by molar-refractivity contribution is 0.303. The van der Waals surface area contributed by atoms with E-state index in [1.54, 1.807) is 18.2 Å². The fourth-order valence-corrected chi connectivity index (χ4v) is 4.59. The van der Waals surface area contributed by atoms with Crippen molar-refractivity contribution in [3.63, 3.8) is 0 Å². The lowest BCUT2D eigenvalue weighted by atomic mass is 9.85. The van der Waals surface area contributed by atoms with Crippen molar-refractivity contribution in [2.45, 2.75) is 50.0 Å². The van der Waals surface area contributed by atoms with Gasteiger partial charge in [-0.3, -0.25) is 0 Å². The zero-order chi connectivity index (χ0) is 13.9. The van der Waals surface area contributed by atoms with E-state index in [0.29, 0.717) is 10.8 Å². The Labute approximate surface area is 124 Å². The van der Waals surface area contributed by atoms with Gasteiger partial charge in [0.1, 0.15) is 0 Å². The molecule has 1 unspecified atom stereocenters. The molecule has 0 heterocycles. The summed E-state index contributed by atoms with van der Waals surface area (Å²) in [4.78, 5) is 0.324. The first kappa shape index (κ1) is 15.0. The molecule has 5 heteroatoms. The summed E-state index contributed by atoms with van der Waals surface area (Å²) in [7, 11) is -3.41. The zero-order valence-corrected chi connectivity index (χ0v) is 13.5. The number of hydrogen-bond acceptors (Lipinski definition) is 2. The molecule has 0 radical (unpaired) electrons. The molecule has 1 aromatic carbocycles. The molecule has 1 N–H and O–H groups in total. The van der Waals surface area contributed by atoms with Crippen LogP contribution in [0.4, 0.5) is 0 Å². The Balaban J connectivity index is 2.08. The highest BCUT2D eigenvalue weighted by Gasteiger charge is 2.25. The standard InChI is InChI=1S/C14H20BrNO2S/c1-11(12-6-3-2-4-7-12)16-19(17,18)14-9-5-8-13(15)10-14/h5,8-12,16H,2-4,6-7H2,1H3. The predicted molar refractivity (Wildman–Crippen MR) is 80.5 cm³/mol. The van der Waals surface area contributed by atoms with E-state index in [1.807, 2.05) is 13.0 Å². The first-order valence-corrected chi connectivity index (χ1v) is 9.04. The van der Waals surface area contributed by atoms with Crippen molar-refractivity contribution in [1.29, 1.82) is 0 Å². The summed E-state index contributed by atoms with van der Waals surface area (Å²) in [5.74, 6) is 0.468. The molecule has 2 rings (SSSR count). The van der Waals surface area contributed by atoms with Crippen LogP contribution in [-0.4, -0.2) is 14.5 Å². The summed E-state index contributed by atoms with van der Waals surface area (Å²) >= 11 is 3.31. The van der Waals surface area contributed by atoms with Crippen LogP contribution in [0.25, 0.3) is 0 Å². The van der Waals surface area contributed by atoms with E-state index >= 15 is 0 Å². The van der Waals surface area contributed by atoms with E-state index in [1.165, 1.54) is 19.3 Å². The van der Waals surface area contributed by atoms with Crippen molar-refractivity contribution in [2.75, 3.05) is 0 Å². The highest BCUT2D eigenvalue weighted by Crippen LogP contribution is 2.27. The van der Waals surface area contributed by atoms with Gasteiger partial charge in [0.15, 0.2) is 0 Å². The lowest BCUT2D eigenvalue weighted by Gasteiger charge is -2.28. The van der Waals surface area contributed by atoms with Crippen LogP contribution in [-0.2, 0) is 10.0 Å². The number of hydrogen-bond donors (Lipinski definition) is 1. The highest BCUT2D eigenvalue weighted by molar-refractivity contribution is 9.10. The fraction of sp³-hybridized carbons (Fsp3) is 0.571. The zero-order valence-electron chi connectivity index (χ0n) is 11.1. The molecule has 1 aliphatic rings. The SMILES string of the molecule is CC(NS(=O)(=O)c1cccc(Br)c1)C1CCCCC1. The van der Waals surface area contributed by atoms with Gasteiger partial charge >= 0.3 is 0 Å². The van der Waals surface area contributed by atoms with Gasteiger partial charge in [0.25, 0.3) is 0 Å². The third kappa shape index (κ3) is 4.04. The summed E-state index contributed by atoms with van der Waals surface area (Å²) in [6.07, 6.45) is 5.97. The lowest BCUT2D eigenvalue weighted by Crippen LogP contribution is -2.38. The van der Waals surface area contributed by atoms with Gasteiger partial charge in [0, 0.05) is 10.5 Å². The largest absolute Gasteiger partial charge is 0.240 e. The van der Waals surface area contributed by atoms with Gasteiger partial charge in [-0.15, -0.1) is 0 Å². The number of halogens is 1. The summed E-state index contributed by atoms with van der Waals surface area (Å²) < 4.78 is 28.2. The molecule has 1 atom stereocenters. The topological polar surface area (TPSA) is 46.2 Å². The van der Waals surface area contributed by atoms with E-state index in [0.717, 1.165) is 17.3 Å². The van der Waals surface area contributed by atoms with Crippen molar-refractivity contribution < 1.29 is 8.42 Å². The molecule has 3 nitrogen and oxygen atoms in total. The first-order valence-electron chi connectivity index (χ1n) is 6.77. The quantitative estimate of drug-likeness (QED) is 0.904. The van der Waals surface area contributed by atoms with Crippen LogP contribution in [0.3, 0.4) is 0 Å². The Bertz CT molecular complexity index is 524. The Morgan fingerprint density at radius 2 is 1.95 bits per heavy atom. The van der Waals surface area contributed by atoms with Crippen LogP contribution in [0.1, 0.15) is 39.0 Å². The van der Waals surface area contributed by atoms with Gasteiger partial charge in [-0.25, -0.2) is 13.1 Å². The molecule has 19 heavy (non-hydrogen) atoms. The van der Waals surface area contributed by atoms with Crippen LogP contribution >= 0.6 is 15.9 Å². The normalized spacial score (nSPS) is 19.3. The molecule has 0 saturated heterocycles. The van der Waals surface area contributed by atoms with E-state index in [2.05, 4.69) is 20.7 Å². The minimum atomic E-state index is -3.41.